The van der Waals surface area contributed by atoms with Gasteiger partial charge in [-0.05, 0) is 19.3 Å². The lowest BCUT2D eigenvalue weighted by Crippen LogP contribution is -2.58. The van der Waals surface area contributed by atoms with E-state index < -0.39 is 53.8 Å². The Morgan fingerprint density at radius 1 is 0.966 bits per heavy atom. The molecule has 7 N–H and O–H groups in total. The highest BCUT2D eigenvalue weighted by molar-refractivity contribution is 7.80. The maximum Gasteiger partial charge on any atom is 0.325 e. The standard InChI is InChI=1S/C17H30N4O7S/c1-4-8(2)13(16(26)19-9(3)17(27)28)21-15(25)11(7-29)20-14(24)10(18)5-6-12(22)23/h8-11,13,29H,4-7,18H2,1-3H3,(H,19,26)(H,20,24)(H,21,25)(H,22,23)(H,27,28). The van der Waals surface area contributed by atoms with Gasteiger partial charge in [0.25, 0.3) is 0 Å². The number of hydrogen-bond donors (Lipinski definition) is 7. The first-order valence-corrected chi connectivity index (χ1v) is 9.79. The Balaban J connectivity index is 5.10. The summed E-state index contributed by atoms with van der Waals surface area (Å²) in [5, 5.41) is 24.8. The number of amides is 3. The Labute approximate surface area is 174 Å². The minimum absolute atomic E-state index is 0.0937. The molecule has 29 heavy (non-hydrogen) atoms. The van der Waals surface area contributed by atoms with Crippen LogP contribution in [0.3, 0.4) is 0 Å². The summed E-state index contributed by atoms with van der Waals surface area (Å²) in [7, 11) is 0. The summed E-state index contributed by atoms with van der Waals surface area (Å²) >= 11 is 4.03. The molecule has 0 radical (unpaired) electrons. The van der Waals surface area contributed by atoms with Crippen molar-refractivity contribution in [2.45, 2.75) is 64.2 Å². The summed E-state index contributed by atoms with van der Waals surface area (Å²) < 4.78 is 0. The summed E-state index contributed by atoms with van der Waals surface area (Å²) in [6, 6.07) is -4.39. The monoisotopic (exact) mass is 434 g/mol. The normalized spacial score (nSPS) is 15.9. The zero-order chi connectivity index (χ0) is 22.7. The Kier molecular flexibility index (Phi) is 11.9. The van der Waals surface area contributed by atoms with E-state index in [1.165, 1.54) is 6.92 Å². The van der Waals surface area contributed by atoms with Gasteiger partial charge in [-0.3, -0.25) is 24.0 Å². The molecule has 0 aromatic carbocycles. The lowest BCUT2D eigenvalue weighted by molar-refractivity contribution is -0.142. The Bertz CT molecular complexity index is 617. The number of rotatable bonds is 13. The van der Waals surface area contributed by atoms with E-state index in [2.05, 4.69) is 28.6 Å². The molecular formula is C17H30N4O7S. The van der Waals surface area contributed by atoms with Crippen LogP contribution in [0.5, 0.6) is 0 Å². The molecule has 0 bridgehead atoms. The van der Waals surface area contributed by atoms with Gasteiger partial charge in [-0.15, -0.1) is 0 Å². The van der Waals surface area contributed by atoms with Crippen molar-refractivity contribution >= 4 is 42.3 Å². The molecule has 166 valence electrons. The van der Waals surface area contributed by atoms with E-state index in [0.29, 0.717) is 6.42 Å². The van der Waals surface area contributed by atoms with E-state index in [1.807, 2.05) is 0 Å². The second kappa shape index (κ2) is 13.0. The Morgan fingerprint density at radius 2 is 1.55 bits per heavy atom. The van der Waals surface area contributed by atoms with E-state index in [-0.39, 0.29) is 24.5 Å². The molecule has 11 nitrogen and oxygen atoms in total. The van der Waals surface area contributed by atoms with E-state index in [0.717, 1.165) is 0 Å². The van der Waals surface area contributed by atoms with Crippen molar-refractivity contribution in [1.29, 1.82) is 0 Å². The predicted octanol–water partition coefficient (Wildman–Crippen LogP) is -1.29. The third-order valence-electron chi connectivity index (χ3n) is 4.34. The van der Waals surface area contributed by atoms with Crippen molar-refractivity contribution in [3.05, 3.63) is 0 Å². The molecule has 0 spiro atoms. The van der Waals surface area contributed by atoms with Crippen LogP contribution in [0.4, 0.5) is 0 Å². The van der Waals surface area contributed by atoms with E-state index in [4.69, 9.17) is 15.9 Å². The van der Waals surface area contributed by atoms with Gasteiger partial charge in [-0.2, -0.15) is 12.6 Å². The molecule has 5 atom stereocenters. The molecular weight excluding hydrogens is 404 g/mol. The molecule has 0 aliphatic heterocycles. The van der Waals surface area contributed by atoms with E-state index >= 15 is 0 Å². The predicted molar refractivity (Wildman–Crippen MR) is 107 cm³/mol. The van der Waals surface area contributed by atoms with Gasteiger partial charge in [-0.25, -0.2) is 0 Å². The van der Waals surface area contributed by atoms with Gasteiger partial charge in [0.1, 0.15) is 18.1 Å². The smallest absolute Gasteiger partial charge is 0.325 e. The minimum Gasteiger partial charge on any atom is -0.481 e. The number of hydrogen-bond acceptors (Lipinski definition) is 7. The van der Waals surface area contributed by atoms with Crippen molar-refractivity contribution in [3.63, 3.8) is 0 Å². The highest BCUT2D eigenvalue weighted by Gasteiger charge is 2.31. The fraction of sp³-hybridized carbons (Fsp3) is 0.706. The Hall–Kier alpha value is -2.34. The first-order chi connectivity index (χ1) is 13.4. The first kappa shape index (κ1) is 26.7. The van der Waals surface area contributed by atoms with Crippen LogP contribution in [0.2, 0.25) is 0 Å². The number of thiol groups is 1. The van der Waals surface area contributed by atoms with Gasteiger partial charge in [0.15, 0.2) is 0 Å². The molecule has 0 aromatic heterocycles. The maximum atomic E-state index is 12.5. The van der Waals surface area contributed by atoms with Gasteiger partial charge in [0.05, 0.1) is 6.04 Å². The molecule has 12 heteroatoms. The third-order valence-corrected chi connectivity index (χ3v) is 4.71. The molecule has 5 unspecified atom stereocenters. The van der Waals surface area contributed by atoms with Crippen LogP contribution >= 0.6 is 12.6 Å². The Morgan fingerprint density at radius 3 is 2.00 bits per heavy atom. The van der Waals surface area contributed by atoms with Crippen LogP contribution in [0.15, 0.2) is 0 Å². The molecule has 0 aliphatic carbocycles. The fourth-order valence-electron chi connectivity index (χ4n) is 2.20. The molecule has 3 amide bonds. The summed E-state index contributed by atoms with van der Waals surface area (Å²) in [4.78, 5) is 58.5. The fourth-order valence-corrected chi connectivity index (χ4v) is 2.46. The van der Waals surface area contributed by atoms with Crippen LogP contribution in [-0.4, -0.2) is 69.8 Å². The second-order valence-corrected chi connectivity index (χ2v) is 7.09. The quantitative estimate of drug-likeness (QED) is 0.174. The van der Waals surface area contributed by atoms with Crippen LogP contribution in [0, 0.1) is 5.92 Å². The summed E-state index contributed by atoms with van der Waals surface area (Å²) in [6.45, 7) is 4.81. The highest BCUT2D eigenvalue weighted by Crippen LogP contribution is 2.09. The van der Waals surface area contributed by atoms with Gasteiger partial charge in [-0.1, -0.05) is 20.3 Å². The molecule has 0 saturated carbocycles. The molecule has 0 aromatic rings. The lowest BCUT2D eigenvalue weighted by Gasteiger charge is -2.27. The number of carboxylic acids is 2. The van der Waals surface area contributed by atoms with E-state index in [1.54, 1.807) is 13.8 Å². The largest absolute Gasteiger partial charge is 0.481 e. The highest BCUT2D eigenvalue weighted by atomic mass is 32.1. The third kappa shape index (κ3) is 9.61. The minimum atomic E-state index is -1.22. The first-order valence-electron chi connectivity index (χ1n) is 9.16. The van der Waals surface area contributed by atoms with Gasteiger partial charge >= 0.3 is 11.9 Å². The SMILES string of the molecule is CCC(C)C(NC(=O)C(CS)NC(=O)C(N)CCC(=O)O)C(=O)NC(C)C(=O)O. The summed E-state index contributed by atoms with van der Waals surface area (Å²) in [6.07, 6.45) is 0.120. The van der Waals surface area contributed by atoms with E-state index in [9.17, 15) is 24.0 Å². The number of nitrogens with one attached hydrogen (secondary N) is 3. The van der Waals surface area contributed by atoms with Crippen molar-refractivity contribution in [2.24, 2.45) is 11.7 Å². The number of carbonyl (C=O) groups is 5. The number of carbonyl (C=O) groups excluding carboxylic acids is 3. The average molecular weight is 435 g/mol. The zero-order valence-electron chi connectivity index (χ0n) is 16.7. The molecule has 0 fully saturated rings. The van der Waals surface area contributed by atoms with Crippen molar-refractivity contribution in [3.8, 4) is 0 Å². The second-order valence-electron chi connectivity index (χ2n) is 6.72. The average Bonchev–Trinajstić information content (AvgIpc) is 2.66. The number of carboxylic acid groups (broad SMARTS) is 2. The van der Waals surface area contributed by atoms with Crippen LogP contribution in [0.1, 0.15) is 40.0 Å². The number of aliphatic carboxylic acids is 2. The van der Waals surface area contributed by atoms with Gasteiger partial charge < -0.3 is 31.9 Å². The topological polar surface area (TPSA) is 188 Å². The molecule has 0 rings (SSSR count). The molecule has 0 aliphatic rings. The summed E-state index contributed by atoms with van der Waals surface area (Å²) in [5.74, 6) is -4.80. The number of nitrogens with two attached hydrogens (primary N) is 1. The van der Waals surface area contributed by atoms with Gasteiger partial charge in [0, 0.05) is 12.2 Å². The summed E-state index contributed by atoms with van der Waals surface area (Å²) in [5.41, 5.74) is 5.62. The lowest BCUT2D eigenvalue weighted by atomic mass is 9.97. The van der Waals surface area contributed by atoms with Crippen molar-refractivity contribution < 1.29 is 34.2 Å². The van der Waals surface area contributed by atoms with Gasteiger partial charge in [0.2, 0.25) is 17.7 Å². The van der Waals surface area contributed by atoms with Crippen LogP contribution in [0.25, 0.3) is 0 Å². The zero-order valence-corrected chi connectivity index (χ0v) is 17.6. The van der Waals surface area contributed by atoms with Crippen LogP contribution < -0.4 is 21.7 Å². The molecule has 0 heterocycles. The molecule has 0 saturated heterocycles. The van der Waals surface area contributed by atoms with Crippen molar-refractivity contribution in [2.75, 3.05) is 5.75 Å². The maximum absolute atomic E-state index is 12.5. The van der Waals surface area contributed by atoms with Crippen molar-refractivity contribution in [1.82, 2.24) is 16.0 Å². The van der Waals surface area contributed by atoms with Crippen LogP contribution in [-0.2, 0) is 24.0 Å².